The molecule has 0 spiro atoms. The number of rotatable bonds is 1. The first kappa shape index (κ1) is 6.29. The van der Waals surface area contributed by atoms with E-state index in [9.17, 15) is 0 Å². The minimum Gasteiger partial charge on any atom is -0.415 e. The Hall–Kier alpha value is 1.29. The number of hydrogen-bond acceptors (Lipinski definition) is 1. The maximum Gasteiger partial charge on any atom is 0.286 e. The molecule has 0 unspecified atom stereocenters. The van der Waals surface area contributed by atoms with Gasteiger partial charge >= 0.3 is 0 Å². The van der Waals surface area contributed by atoms with Gasteiger partial charge in [-0.15, -0.1) is 22.2 Å². The quantitative estimate of drug-likeness (QED) is 0.396. The van der Waals surface area contributed by atoms with Crippen molar-refractivity contribution in [3.8, 4) is 0 Å². The van der Waals surface area contributed by atoms with E-state index in [1.165, 1.54) is 0 Å². The standard InChI is InChI=1S/Al.Cl2H2NSi/c;1-4(2)3/h;3-4H/q+1;-1. The van der Waals surface area contributed by atoms with Crippen molar-refractivity contribution in [3.05, 3.63) is 0 Å². The van der Waals surface area contributed by atoms with Gasteiger partial charge < -0.3 is 3.97 Å². The number of halogens is 2. The fourth-order valence-electron chi connectivity index (χ4n) is 0. The van der Waals surface area contributed by atoms with Gasteiger partial charge in [0.05, 0.1) is 0 Å². The van der Waals surface area contributed by atoms with Gasteiger partial charge in [-0.2, -0.15) is 0 Å². The van der Waals surface area contributed by atoms with E-state index >= 15 is 0 Å². The summed E-state index contributed by atoms with van der Waals surface area (Å²) in [4.78, 5) is 0. The Morgan fingerprint density at radius 1 is 1.60 bits per heavy atom. The van der Waals surface area contributed by atoms with Crippen LogP contribution in [0.3, 0.4) is 0 Å². The Balaban J connectivity index is 2.54. The Kier molecular flexibility index (Phi) is 4.38. The summed E-state index contributed by atoms with van der Waals surface area (Å²) >= 11 is 12.7. The summed E-state index contributed by atoms with van der Waals surface area (Å²) in [7, 11) is -1.49. The summed E-state index contributed by atoms with van der Waals surface area (Å²) in [6.45, 7) is 0. The number of hydrogen-bond donors (Lipinski definition) is 1. The van der Waals surface area contributed by atoms with E-state index in [1.54, 1.807) is 0 Å². The highest BCUT2D eigenvalue weighted by molar-refractivity contribution is 7.33. The second kappa shape index (κ2) is 3.48. The molecule has 1 N–H and O–H groups in total. The molecule has 5 heavy (non-hydrogen) atoms. The summed E-state index contributed by atoms with van der Waals surface area (Å²) in [6.07, 6.45) is 0. The molecule has 0 fully saturated rings. The Labute approximate surface area is 50.4 Å². The van der Waals surface area contributed by atoms with Crippen LogP contribution in [0.4, 0.5) is 0 Å². The van der Waals surface area contributed by atoms with Crippen molar-refractivity contribution < 1.29 is 0 Å². The van der Waals surface area contributed by atoms with Crippen LogP contribution in [-0.2, 0) is 0 Å². The molecule has 28 valence electrons. The molecule has 1 nitrogen and oxygen atoms in total. The molecule has 0 aliphatic rings. The Morgan fingerprint density at radius 3 is 1.80 bits per heavy atom. The van der Waals surface area contributed by atoms with Gasteiger partial charge in [-0.25, -0.2) is 0 Å². The Morgan fingerprint density at radius 2 is 1.80 bits per heavy atom. The summed E-state index contributed by atoms with van der Waals surface area (Å²) in [5.74, 6) is 0. The van der Waals surface area contributed by atoms with Gasteiger partial charge in [-0.3, -0.25) is 0 Å². The predicted molar refractivity (Wildman–Crippen MR) is 27.7 cm³/mol. The summed E-state index contributed by atoms with van der Waals surface area (Å²) in [5.41, 5.74) is 0. The lowest BCUT2D eigenvalue weighted by Gasteiger charge is -1.87. The second-order valence-corrected chi connectivity index (χ2v) is 5.69. The van der Waals surface area contributed by atoms with Gasteiger partial charge in [-0.05, 0) is 0 Å². The van der Waals surface area contributed by atoms with Gasteiger partial charge in [-0.1, -0.05) is 0 Å². The lowest BCUT2D eigenvalue weighted by molar-refractivity contribution is 1.65. The van der Waals surface area contributed by atoms with Crippen molar-refractivity contribution in [2.75, 3.05) is 0 Å². The SMILES string of the molecule is [Al][NH][SiH](Cl)Cl. The van der Waals surface area contributed by atoms with Gasteiger partial charge in [0.15, 0.2) is 0 Å². The van der Waals surface area contributed by atoms with Crippen LogP contribution < -0.4 is 3.97 Å². The van der Waals surface area contributed by atoms with Crippen LogP contribution in [-0.4, -0.2) is 24.1 Å². The zero-order valence-corrected chi connectivity index (χ0v) is 6.23. The molecule has 0 aromatic rings. The van der Waals surface area contributed by atoms with Crippen molar-refractivity contribution in [2.45, 2.75) is 0 Å². The van der Waals surface area contributed by atoms with Crippen LogP contribution in [0.1, 0.15) is 0 Å². The highest BCUT2D eigenvalue weighted by Gasteiger charge is 1.88. The van der Waals surface area contributed by atoms with E-state index < -0.39 is 7.58 Å². The maximum atomic E-state index is 5.23. The monoisotopic (exact) mass is 141 g/mol. The number of nitrogens with one attached hydrogen (secondary N) is 1. The molecule has 0 aromatic carbocycles. The third-order valence-corrected chi connectivity index (χ3v) is 3.40. The average Bonchev–Trinajstić information content (AvgIpc) is 1.38. The lowest BCUT2D eigenvalue weighted by atomic mass is 13.9. The topological polar surface area (TPSA) is 12.0 Å². The molecule has 0 aliphatic carbocycles. The fourth-order valence-corrected chi connectivity index (χ4v) is 0. The smallest absolute Gasteiger partial charge is 0.286 e. The predicted octanol–water partition coefficient (Wildman–Crippen LogP) is -0.146. The van der Waals surface area contributed by atoms with Gasteiger partial charge in [0.2, 0.25) is 16.5 Å². The fraction of sp³-hybridized carbons (Fsp3) is 0. The molecule has 2 radical (unpaired) electrons. The van der Waals surface area contributed by atoms with Crippen molar-refractivity contribution in [2.24, 2.45) is 0 Å². The van der Waals surface area contributed by atoms with Crippen molar-refractivity contribution in [1.29, 1.82) is 0 Å². The first-order valence-electron chi connectivity index (χ1n) is 1.01. The van der Waals surface area contributed by atoms with Crippen LogP contribution in [0.15, 0.2) is 0 Å². The molecule has 0 aromatic heterocycles. The molecular weight excluding hydrogens is 140 g/mol. The van der Waals surface area contributed by atoms with E-state index in [4.69, 9.17) is 22.2 Å². The van der Waals surface area contributed by atoms with Gasteiger partial charge in [0.25, 0.3) is 7.58 Å². The molecule has 0 aliphatic heterocycles. The highest BCUT2D eigenvalue weighted by atomic mass is 35.7. The van der Waals surface area contributed by atoms with E-state index in [-0.39, 0.29) is 0 Å². The van der Waals surface area contributed by atoms with Crippen LogP contribution in [0, 0.1) is 0 Å². The molecule has 5 heteroatoms. The van der Waals surface area contributed by atoms with Crippen LogP contribution in [0.2, 0.25) is 0 Å². The first-order valence-corrected chi connectivity index (χ1v) is 5.66. The normalized spacial score (nSPS) is 9.40. The summed E-state index contributed by atoms with van der Waals surface area (Å²) in [6, 6.07) is 0. The second-order valence-electron chi connectivity index (χ2n) is 0.467. The minimum absolute atomic E-state index is 1.49. The third-order valence-electron chi connectivity index (χ3n) is 0.126. The molecule has 0 saturated heterocycles. The largest absolute Gasteiger partial charge is 0.415 e. The van der Waals surface area contributed by atoms with E-state index in [0.717, 1.165) is 0 Å². The van der Waals surface area contributed by atoms with Gasteiger partial charge in [0, 0.05) is 0 Å². The molecule has 0 saturated carbocycles. The molecular formula is H2AlCl2NSi. The van der Waals surface area contributed by atoms with E-state index in [1.807, 2.05) is 0 Å². The van der Waals surface area contributed by atoms with Crippen molar-refractivity contribution >= 4 is 46.2 Å². The maximum absolute atomic E-state index is 5.23. The van der Waals surface area contributed by atoms with E-state index in [2.05, 4.69) is 20.5 Å². The highest BCUT2D eigenvalue weighted by Crippen LogP contribution is 1.84. The van der Waals surface area contributed by atoms with Crippen molar-refractivity contribution in [1.82, 2.24) is 3.97 Å². The third kappa shape index (κ3) is 5.29. The summed E-state index contributed by atoms with van der Waals surface area (Å²) < 4.78 is 2.61. The van der Waals surface area contributed by atoms with Crippen LogP contribution in [0.25, 0.3) is 0 Å². The zero-order valence-electron chi connectivity index (χ0n) is 2.41. The molecule has 0 heterocycles. The molecule has 0 bridgehead atoms. The minimum atomic E-state index is -1.49. The van der Waals surface area contributed by atoms with E-state index in [0.29, 0.717) is 0 Å². The average molecular weight is 142 g/mol. The lowest BCUT2D eigenvalue weighted by Crippen LogP contribution is -2.18. The molecule has 0 amide bonds. The molecule has 0 atom stereocenters. The van der Waals surface area contributed by atoms with Crippen LogP contribution >= 0.6 is 22.2 Å². The summed E-state index contributed by atoms with van der Waals surface area (Å²) in [5, 5.41) is 0. The zero-order chi connectivity index (χ0) is 4.28. The first-order chi connectivity index (χ1) is 2.27. The van der Waals surface area contributed by atoms with Crippen LogP contribution in [0.5, 0.6) is 0 Å². The molecule has 0 rings (SSSR count). The van der Waals surface area contributed by atoms with Crippen molar-refractivity contribution in [3.63, 3.8) is 0 Å². The Bertz CT molecular complexity index is 23.6. The van der Waals surface area contributed by atoms with Gasteiger partial charge in [0.1, 0.15) is 0 Å².